The third kappa shape index (κ3) is 2.48. The van der Waals surface area contributed by atoms with Crippen LogP contribution in [0.5, 0.6) is 0 Å². The lowest BCUT2D eigenvalue weighted by Gasteiger charge is -2.09. The van der Waals surface area contributed by atoms with Crippen LogP contribution in [0.15, 0.2) is 24.7 Å². The highest BCUT2D eigenvalue weighted by molar-refractivity contribution is 6.30. The summed E-state index contributed by atoms with van der Waals surface area (Å²) in [4.78, 5) is 15.2. The molecule has 1 amide bonds. The molecule has 18 heavy (non-hydrogen) atoms. The minimum absolute atomic E-state index is 0.432. The van der Waals surface area contributed by atoms with Crippen molar-refractivity contribution in [3.8, 4) is 11.3 Å². The molecule has 0 radical (unpaired) electrons. The van der Waals surface area contributed by atoms with E-state index in [9.17, 15) is 4.79 Å². The molecular formula is C11H12ClN5O. The molecule has 2 aromatic rings. The second-order valence-electron chi connectivity index (χ2n) is 3.80. The predicted molar refractivity (Wildman–Crippen MR) is 66.8 cm³/mol. The molecular weight excluding hydrogens is 254 g/mol. The van der Waals surface area contributed by atoms with Crippen LogP contribution in [0.4, 0.5) is 0 Å². The van der Waals surface area contributed by atoms with Crippen LogP contribution in [0, 0.1) is 0 Å². The topological polar surface area (TPSA) is 86.7 Å². The summed E-state index contributed by atoms with van der Waals surface area (Å²) in [5.74, 6) is -0.432. The van der Waals surface area contributed by atoms with Gasteiger partial charge in [-0.15, -0.1) is 5.10 Å². The molecule has 0 aliphatic carbocycles. The zero-order valence-electron chi connectivity index (χ0n) is 9.75. The number of aromatic nitrogens is 4. The van der Waals surface area contributed by atoms with Gasteiger partial charge in [0.2, 0.25) is 5.91 Å². The van der Waals surface area contributed by atoms with Crippen molar-refractivity contribution < 1.29 is 4.79 Å². The summed E-state index contributed by atoms with van der Waals surface area (Å²) >= 11 is 5.85. The summed E-state index contributed by atoms with van der Waals surface area (Å²) in [6, 6.07) is 1.24. The highest BCUT2D eigenvalue weighted by Crippen LogP contribution is 2.20. The Morgan fingerprint density at radius 2 is 2.33 bits per heavy atom. The molecule has 0 aliphatic rings. The lowest BCUT2D eigenvalue weighted by atomic mass is 10.2. The summed E-state index contributed by atoms with van der Waals surface area (Å²) in [5.41, 5.74) is 6.64. The summed E-state index contributed by atoms with van der Waals surface area (Å²) in [7, 11) is 0. The van der Waals surface area contributed by atoms with Gasteiger partial charge in [0, 0.05) is 18.0 Å². The average molecular weight is 266 g/mol. The largest absolute Gasteiger partial charge is 0.368 e. The first kappa shape index (κ1) is 12.5. The highest BCUT2D eigenvalue weighted by atomic mass is 35.5. The van der Waals surface area contributed by atoms with Crippen molar-refractivity contribution in [2.45, 2.75) is 19.4 Å². The molecule has 6 nitrogen and oxygen atoms in total. The number of primary amides is 1. The van der Waals surface area contributed by atoms with E-state index in [4.69, 9.17) is 17.3 Å². The Hall–Kier alpha value is -1.95. The van der Waals surface area contributed by atoms with Gasteiger partial charge in [-0.2, -0.15) is 0 Å². The van der Waals surface area contributed by atoms with Crippen molar-refractivity contribution in [3.05, 3.63) is 29.7 Å². The number of nitrogens with zero attached hydrogens (tertiary/aromatic N) is 4. The summed E-state index contributed by atoms with van der Waals surface area (Å²) in [5, 5.41) is 8.41. The molecule has 0 spiro atoms. The van der Waals surface area contributed by atoms with Crippen LogP contribution in [0.1, 0.15) is 19.4 Å². The molecule has 2 rings (SSSR count). The number of halogens is 1. The molecule has 0 saturated carbocycles. The van der Waals surface area contributed by atoms with E-state index >= 15 is 0 Å². The van der Waals surface area contributed by atoms with Crippen molar-refractivity contribution in [2.75, 3.05) is 0 Å². The maximum Gasteiger partial charge on any atom is 0.242 e. The van der Waals surface area contributed by atoms with E-state index in [1.54, 1.807) is 18.5 Å². The molecule has 1 atom stereocenters. The van der Waals surface area contributed by atoms with E-state index in [0.717, 1.165) is 5.56 Å². The van der Waals surface area contributed by atoms with Crippen LogP contribution < -0.4 is 5.73 Å². The Kier molecular flexibility index (Phi) is 3.57. The molecule has 7 heteroatoms. The van der Waals surface area contributed by atoms with E-state index in [2.05, 4.69) is 15.3 Å². The van der Waals surface area contributed by atoms with Gasteiger partial charge < -0.3 is 5.73 Å². The van der Waals surface area contributed by atoms with Crippen LogP contribution in [-0.2, 0) is 4.79 Å². The summed E-state index contributed by atoms with van der Waals surface area (Å²) in [6.07, 6.45) is 5.39. The van der Waals surface area contributed by atoms with Gasteiger partial charge in [-0.25, -0.2) is 4.68 Å². The Labute approximate surface area is 109 Å². The Morgan fingerprint density at radius 3 is 2.94 bits per heavy atom. The monoisotopic (exact) mass is 265 g/mol. The zero-order chi connectivity index (χ0) is 13.1. The predicted octanol–water partition coefficient (Wildman–Crippen LogP) is 1.43. The molecule has 0 saturated heterocycles. The van der Waals surface area contributed by atoms with Crippen LogP contribution in [0.25, 0.3) is 11.3 Å². The second-order valence-corrected chi connectivity index (χ2v) is 4.24. The number of rotatable bonds is 4. The third-order valence-corrected chi connectivity index (χ3v) is 2.75. The van der Waals surface area contributed by atoms with Gasteiger partial charge >= 0.3 is 0 Å². The van der Waals surface area contributed by atoms with Crippen molar-refractivity contribution in [3.63, 3.8) is 0 Å². The van der Waals surface area contributed by atoms with Crippen molar-refractivity contribution in [2.24, 2.45) is 5.73 Å². The fourth-order valence-corrected chi connectivity index (χ4v) is 1.81. The molecule has 94 valence electrons. The molecule has 0 aromatic carbocycles. The van der Waals surface area contributed by atoms with Crippen molar-refractivity contribution in [1.82, 2.24) is 20.0 Å². The van der Waals surface area contributed by atoms with Crippen molar-refractivity contribution in [1.29, 1.82) is 0 Å². The number of hydrogen-bond acceptors (Lipinski definition) is 4. The molecule has 2 aromatic heterocycles. The van der Waals surface area contributed by atoms with E-state index in [1.165, 1.54) is 10.9 Å². The standard InChI is InChI=1S/C11H12ClN5O/c1-2-10(11(13)18)17-6-9(15-16-17)7-3-8(12)5-14-4-7/h3-6,10H,2H2,1H3,(H2,13,18). The summed E-state index contributed by atoms with van der Waals surface area (Å²) in [6.45, 7) is 1.86. The fraction of sp³-hybridized carbons (Fsp3) is 0.273. The van der Waals surface area contributed by atoms with E-state index in [0.29, 0.717) is 17.1 Å². The van der Waals surface area contributed by atoms with Gasteiger partial charge in [-0.3, -0.25) is 9.78 Å². The maximum atomic E-state index is 11.2. The molecule has 0 fully saturated rings. The van der Waals surface area contributed by atoms with Crippen LogP contribution >= 0.6 is 11.6 Å². The zero-order valence-corrected chi connectivity index (χ0v) is 10.5. The van der Waals surface area contributed by atoms with Crippen LogP contribution in [0.3, 0.4) is 0 Å². The number of hydrogen-bond donors (Lipinski definition) is 1. The first-order valence-corrected chi connectivity index (χ1v) is 5.81. The molecule has 2 N–H and O–H groups in total. The first-order valence-electron chi connectivity index (χ1n) is 5.44. The third-order valence-electron chi connectivity index (χ3n) is 2.55. The maximum absolute atomic E-state index is 11.2. The number of amides is 1. The van der Waals surface area contributed by atoms with Gasteiger partial charge in [0.1, 0.15) is 11.7 Å². The minimum atomic E-state index is -0.488. The van der Waals surface area contributed by atoms with Crippen LogP contribution in [0.2, 0.25) is 5.02 Å². The number of carbonyl (C=O) groups is 1. The lowest BCUT2D eigenvalue weighted by Crippen LogP contribution is -2.26. The molecule has 1 unspecified atom stereocenters. The van der Waals surface area contributed by atoms with E-state index in [1.807, 2.05) is 6.92 Å². The first-order chi connectivity index (χ1) is 8.61. The summed E-state index contributed by atoms with van der Waals surface area (Å²) < 4.78 is 1.46. The lowest BCUT2D eigenvalue weighted by molar-refractivity contribution is -0.121. The number of pyridine rings is 1. The normalized spacial score (nSPS) is 12.3. The Balaban J connectivity index is 2.33. The molecule has 0 aliphatic heterocycles. The average Bonchev–Trinajstić information content (AvgIpc) is 2.79. The number of nitrogens with two attached hydrogens (primary N) is 1. The van der Waals surface area contributed by atoms with E-state index < -0.39 is 11.9 Å². The molecule has 2 heterocycles. The van der Waals surface area contributed by atoms with Crippen molar-refractivity contribution >= 4 is 17.5 Å². The van der Waals surface area contributed by atoms with Gasteiger partial charge in [0.15, 0.2) is 0 Å². The van der Waals surface area contributed by atoms with E-state index in [-0.39, 0.29) is 0 Å². The molecule has 0 bridgehead atoms. The Bertz CT molecular complexity index is 568. The quantitative estimate of drug-likeness (QED) is 0.906. The van der Waals surface area contributed by atoms with Gasteiger partial charge in [-0.1, -0.05) is 23.7 Å². The van der Waals surface area contributed by atoms with Crippen LogP contribution in [-0.4, -0.2) is 25.9 Å². The minimum Gasteiger partial charge on any atom is -0.368 e. The van der Waals surface area contributed by atoms with Gasteiger partial charge in [0.25, 0.3) is 0 Å². The smallest absolute Gasteiger partial charge is 0.242 e. The number of carbonyl (C=O) groups excluding carboxylic acids is 1. The Morgan fingerprint density at radius 1 is 1.56 bits per heavy atom. The fourth-order valence-electron chi connectivity index (χ4n) is 1.63. The second kappa shape index (κ2) is 5.14. The highest BCUT2D eigenvalue weighted by Gasteiger charge is 2.17. The van der Waals surface area contributed by atoms with Gasteiger partial charge in [0.05, 0.1) is 11.2 Å². The SMILES string of the molecule is CCC(C(N)=O)n1cc(-c2cncc(Cl)c2)nn1. The van der Waals surface area contributed by atoms with Gasteiger partial charge in [-0.05, 0) is 12.5 Å².